The van der Waals surface area contributed by atoms with Gasteiger partial charge in [0.1, 0.15) is 0 Å². The normalized spacial score (nSPS) is 15.7. The van der Waals surface area contributed by atoms with Gasteiger partial charge in [0.2, 0.25) is 5.95 Å². The van der Waals surface area contributed by atoms with Crippen LogP contribution in [-0.2, 0) is 0 Å². The standard InChI is InChI=1S/C24H17Cl2N3/c25-19-10-6-17(7-11-19)21-14-23(18-8-12-20(26)13-9-18)29-15-22(28-24(29)27-21)16-4-2-1-3-5-16/h1-13,15,23H,14H2/t23-/m0/s1. The SMILES string of the molecule is Clc1ccc(C2=Nc3nc(-c4ccccc4)cn3[C@H](c3ccc(Cl)cc3)C2)cc1. The summed E-state index contributed by atoms with van der Waals surface area (Å²) in [6.45, 7) is 0. The molecule has 0 spiro atoms. The van der Waals surface area contributed by atoms with Crippen molar-refractivity contribution in [3.05, 3.63) is 106 Å². The van der Waals surface area contributed by atoms with Crippen molar-refractivity contribution in [2.45, 2.75) is 12.5 Å². The van der Waals surface area contributed by atoms with Crippen LogP contribution >= 0.6 is 23.2 Å². The molecule has 1 atom stereocenters. The highest BCUT2D eigenvalue weighted by atomic mass is 35.5. The van der Waals surface area contributed by atoms with Crippen LogP contribution in [0.15, 0.2) is 90.1 Å². The minimum atomic E-state index is 0.0930. The summed E-state index contributed by atoms with van der Waals surface area (Å²) in [5, 5.41) is 1.44. The van der Waals surface area contributed by atoms with Crippen LogP contribution in [0.1, 0.15) is 23.6 Å². The van der Waals surface area contributed by atoms with Crippen molar-refractivity contribution in [1.82, 2.24) is 9.55 Å². The van der Waals surface area contributed by atoms with E-state index in [1.165, 1.54) is 5.56 Å². The van der Waals surface area contributed by atoms with Gasteiger partial charge in [-0.05, 0) is 35.4 Å². The highest BCUT2D eigenvalue weighted by Gasteiger charge is 2.26. The summed E-state index contributed by atoms with van der Waals surface area (Å²) in [7, 11) is 0. The monoisotopic (exact) mass is 417 g/mol. The average Bonchev–Trinajstić information content (AvgIpc) is 3.19. The van der Waals surface area contributed by atoms with Crippen molar-refractivity contribution < 1.29 is 0 Å². The summed E-state index contributed by atoms with van der Waals surface area (Å²) >= 11 is 12.2. The molecular weight excluding hydrogens is 401 g/mol. The highest BCUT2D eigenvalue weighted by molar-refractivity contribution is 6.31. The topological polar surface area (TPSA) is 30.2 Å². The number of fused-ring (bicyclic) bond motifs is 1. The van der Waals surface area contributed by atoms with E-state index in [-0.39, 0.29) is 6.04 Å². The largest absolute Gasteiger partial charge is 0.307 e. The Hall–Kier alpha value is -2.88. The van der Waals surface area contributed by atoms with Gasteiger partial charge < -0.3 is 4.57 Å². The molecule has 0 saturated heterocycles. The molecule has 142 valence electrons. The van der Waals surface area contributed by atoms with Gasteiger partial charge in [-0.25, -0.2) is 9.98 Å². The summed E-state index contributed by atoms with van der Waals surface area (Å²) in [4.78, 5) is 9.72. The van der Waals surface area contributed by atoms with E-state index in [2.05, 4.69) is 35.0 Å². The Kier molecular flexibility index (Phi) is 4.70. The van der Waals surface area contributed by atoms with E-state index in [0.717, 1.165) is 34.0 Å². The van der Waals surface area contributed by atoms with Gasteiger partial charge in [0.05, 0.1) is 17.4 Å². The van der Waals surface area contributed by atoms with Crippen molar-refractivity contribution in [2.24, 2.45) is 4.99 Å². The fourth-order valence-corrected chi connectivity index (χ4v) is 3.93. The maximum atomic E-state index is 6.12. The van der Waals surface area contributed by atoms with Crippen molar-refractivity contribution >= 4 is 34.9 Å². The number of rotatable bonds is 3. The second-order valence-corrected chi connectivity index (χ2v) is 7.91. The first-order valence-corrected chi connectivity index (χ1v) is 10.2. The summed E-state index contributed by atoms with van der Waals surface area (Å²) in [5.41, 5.74) is 5.23. The molecule has 0 N–H and O–H groups in total. The van der Waals surface area contributed by atoms with Gasteiger partial charge in [-0.2, -0.15) is 0 Å². The smallest absolute Gasteiger partial charge is 0.230 e. The lowest BCUT2D eigenvalue weighted by Gasteiger charge is -2.25. The minimum Gasteiger partial charge on any atom is -0.307 e. The Balaban J connectivity index is 1.63. The third kappa shape index (κ3) is 3.59. The van der Waals surface area contributed by atoms with Crippen LogP contribution in [0, 0.1) is 0 Å². The summed E-state index contributed by atoms with van der Waals surface area (Å²) in [6.07, 6.45) is 2.85. The Morgan fingerprint density at radius 2 is 1.41 bits per heavy atom. The maximum absolute atomic E-state index is 6.12. The van der Waals surface area contributed by atoms with Gasteiger partial charge in [0.15, 0.2) is 0 Å². The summed E-state index contributed by atoms with van der Waals surface area (Å²) in [6, 6.07) is 26.1. The lowest BCUT2D eigenvalue weighted by atomic mass is 9.96. The molecule has 1 aliphatic rings. The number of aromatic nitrogens is 2. The van der Waals surface area contributed by atoms with Gasteiger partial charge in [-0.15, -0.1) is 0 Å². The highest BCUT2D eigenvalue weighted by Crippen LogP contribution is 2.36. The quantitative estimate of drug-likeness (QED) is 0.353. The van der Waals surface area contributed by atoms with Crippen LogP contribution < -0.4 is 0 Å². The van der Waals surface area contributed by atoms with E-state index in [4.69, 9.17) is 33.2 Å². The molecule has 0 radical (unpaired) electrons. The van der Waals surface area contributed by atoms with Crippen LogP contribution in [0.25, 0.3) is 11.3 Å². The van der Waals surface area contributed by atoms with Crippen LogP contribution in [0.3, 0.4) is 0 Å². The lowest BCUT2D eigenvalue weighted by molar-refractivity contribution is 0.596. The molecule has 0 bridgehead atoms. The number of hydrogen-bond donors (Lipinski definition) is 0. The Labute approximate surface area is 179 Å². The predicted molar refractivity (Wildman–Crippen MR) is 120 cm³/mol. The van der Waals surface area contributed by atoms with Gasteiger partial charge in [0, 0.05) is 28.2 Å². The first kappa shape index (κ1) is 18.2. The van der Waals surface area contributed by atoms with Gasteiger partial charge in [-0.3, -0.25) is 0 Å². The number of halogens is 2. The van der Waals surface area contributed by atoms with Crippen LogP contribution in [0.5, 0.6) is 0 Å². The second-order valence-electron chi connectivity index (χ2n) is 7.04. The first-order valence-electron chi connectivity index (χ1n) is 9.40. The second kappa shape index (κ2) is 7.51. The van der Waals surface area contributed by atoms with Gasteiger partial charge in [0.25, 0.3) is 0 Å². The number of benzene rings is 3. The molecule has 5 heteroatoms. The van der Waals surface area contributed by atoms with Crippen molar-refractivity contribution in [3.63, 3.8) is 0 Å². The zero-order valence-electron chi connectivity index (χ0n) is 15.5. The van der Waals surface area contributed by atoms with E-state index >= 15 is 0 Å². The maximum Gasteiger partial charge on any atom is 0.230 e. The molecule has 1 aliphatic heterocycles. The molecule has 0 unspecified atom stereocenters. The molecule has 0 saturated carbocycles. The molecule has 0 aliphatic carbocycles. The van der Waals surface area contributed by atoms with Crippen LogP contribution in [0.2, 0.25) is 10.0 Å². The van der Waals surface area contributed by atoms with E-state index in [9.17, 15) is 0 Å². The molecule has 5 rings (SSSR count). The zero-order valence-corrected chi connectivity index (χ0v) is 17.0. The molecular formula is C24H17Cl2N3. The predicted octanol–water partition coefficient (Wildman–Crippen LogP) is 6.97. The zero-order chi connectivity index (χ0) is 19.8. The number of hydrogen-bond acceptors (Lipinski definition) is 2. The Morgan fingerprint density at radius 3 is 2.10 bits per heavy atom. The summed E-state index contributed by atoms with van der Waals surface area (Å²) in [5.74, 6) is 0.708. The van der Waals surface area contributed by atoms with E-state index in [1.807, 2.05) is 54.6 Å². The Bertz CT molecular complexity index is 1180. The summed E-state index contributed by atoms with van der Waals surface area (Å²) < 4.78 is 2.16. The van der Waals surface area contributed by atoms with Gasteiger partial charge in [-0.1, -0.05) is 77.8 Å². The van der Waals surface area contributed by atoms with E-state index < -0.39 is 0 Å². The van der Waals surface area contributed by atoms with Crippen molar-refractivity contribution in [2.75, 3.05) is 0 Å². The number of aliphatic imine (C=N–C) groups is 1. The average molecular weight is 418 g/mol. The Morgan fingerprint density at radius 1 is 0.759 bits per heavy atom. The van der Waals surface area contributed by atoms with Crippen molar-refractivity contribution in [1.29, 1.82) is 0 Å². The number of imidazole rings is 1. The number of nitrogens with zero attached hydrogens (tertiary/aromatic N) is 3. The molecule has 4 aromatic rings. The van der Waals surface area contributed by atoms with Crippen LogP contribution in [0.4, 0.5) is 5.95 Å². The minimum absolute atomic E-state index is 0.0930. The third-order valence-corrected chi connectivity index (χ3v) is 5.68. The first-order chi connectivity index (χ1) is 14.2. The fourth-order valence-electron chi connectivity index (χ4n) is 3.68. The fraction of sp³-hybridized carbons (Fsp3) is 0.0833. The molecule has 0 amide bonds. The van der Waals surface area contributed by atoms with Gasteiger partial charge >= 0.3 is 0 Å². The van der Waals surface area contributed by atoms with Crippen molar-refractivity contribution in [3.8, 4) is 11.3 Å². The molecule has 29 heavy (non-hydrogen) atoms. The van der Waals surface area contributed by atoms with E-state index in [1.54, 1.807) is 0 Å². The third-order valence-electron chi connectivity index (χ3n) is 5.17. The van der Waals surface area contributed by atoms with E-state index in [0.29, 0.717) is 11.0 Å². The molecule has 3 aromatic carbocycles. The molecule has 3 nitrogen and oxygen atoms in total. The van der Waals surface area contributed by atoms with Crippen LogP contribution in [-0.4, -0.2) is 15.3 Å². The molecule has 0 fully saturated rings. The lowest BCUT2D eigenvalue weighted by Crippen LogP contribution is -2.19. The molecule has 1 aromatic heterocycles. The molecule has 2 heterocycles.